The van der Waals surface area contributed by atoms with Crippen molar-refractivity contribution in [1.29, 1.82) is 0 Å². The molecule has 0 atom stereocenters. The monoisotopic (exact) mass is 372 g/mol. The molecule has 1 aromatic heterocycles. The molecule has 0 bridgehead atoms. The van der Waals surface area contributed by atoms with Crippen molar-refractivity contribution in [1.82, 2.24) is 0 Å². The fraction of sp³-hybridized carbons (Fsp3) is 0.476. The Morgan fingerprint density at radius 3 is 2.22 bits per heavy atom. The van der Waals surface area contributed by atoms with Crippen molar-refractivity contribution in [3.8, 4) is 11.3 Å². The molecule has 1 aromatic carbocycles. The van der Waals surface area contributed by atoms with Gasteiger partial charge < -0.3 is 0 Å². The number of hydrogen-bond acceptors (Lipinski definition) is 0. The Hall–Kier alpha value is -1.09. The van der Waals surface area contributed by atoms with Gasteiger partial charge in [-0.25, -0.2) is 0 Å². The molecule has 2 aromatic rings. The van der Waals surface area contributed by atoms with E-state index in [0.29, 0.717) is 5.92 Å². The van der Waals surface area contributed by atoms with E-state index in [2.05, 4.69) is 87.0 Å². The van der Waals surface area contributed by atoms with Crippen molar-refractivity contribution >= 4 is 17.7 Å². The summed E-state index contributed by atoms with van der Waals surface area (Å²) in [5.41, 5.74) is 6.97. The fourth-order valence-electron chi connectivity index (χ4n) is 3.37. The van der Waals surface area contributed by atoms with E-state index in [1.54, 1.807) is 9.96 Å². The predicted octanol–water partition coefficient (Wildman–Crippen LogP) is 4.54. The van der Waals surface area contributed by atoms with Gasteiger partial charge in [-0.15, -0.1) is 0 Å². The SMILES string of the molecule is Cc1ccc(-c2c[c]([Ge]([CH3])([CH3])[CH3])c(CC(C)C)c[n+]2C)c(C)c1. The van der Waals surface area contributed by atoms with E-state index in [9.17, 15) is 0 Å². The summed E-state index contributed by atoms with van der Waals surface area (Å²) in [7, 11) is 2.19. The van der Waals surface area contributed by atoms with Crippen LogP contribution in [0.4, 0.5) is 0 Å². The van der Waals surface area contributed by atoms with E-state index >= 15 is 0 Å². The minimum absolute atomic E-state index is 0.700. The van der Waals surface area contributed by atoms with Crippen LogP contribution in [-0.4, -0.2) is 13.3 Å². The van der Waals surface area contributed by atoms with E-state index in [1.807, 2.05) is 0 Å². The summed E-state index contributed by atoms with van der Waals surface area (Å²) >= 11 is -1.91. The van der Waals surface area contributed by atoms with Crippen LogP contribution in [0.15, 0.2) is 30.5 Å². The first kappa shape index (κ1) is 18.3. The maximum atomic E-state index is 2.50. The van der Waals surface area contributed by atoms with Crippen LogP contribution in [0.25, 0.3) is 11.3 Å². The molecule has 0 saturated heterocycles. The van der Waals surface area contributed by atoms with Gasteiger partial charge in [-0.1, -0.05) is 0 Å². The number of aromatic nitrogens is 1. The second-order valence-corrected chi connectivity index (χ2v) is 18.9. The van der Waals surface area contributed by atoms with E-state index in [0.717, 1.165) is 0 Å². The average molecular weight is 371 g/mol. The summed E-state index contributed by atoms with van der Waals surface area (Å²) in [4.78, 5) is 0. The quantitative estimate of drug-likeness (QED) is 0.549. The molecular formula is C21H32GeN+. The third-order valence-corrected chi connectivity index (χ3v) is 8.82. The van der Waals surface area contributed by atoms with Crippen molar-refractivity contribution < 1.29 is 4.57 Å². The van der Waals surface area contributed by atoms with E-state index < -0.39 is 13.3 Å². The molecule has 0 aliphatic heterocycles. The van der Waals surface area contributed by atoms with Gasteiger partial charge in [0.2, 0.25) is 0 Å². The van der Waals surface area contributed by atoms with Gasteiger partial charge in [-0.3, -0.25) is 0 Å². The molecular weight excluding hydrogens is 339 g/mol. The van der Waals surface area contributed by atoms with Gasteiger partial charge in [0.1, 0.15) is 0 Å². The summed E-state index contributed by atoms with van der Waals surface area (Å²) in [5.74, 6) is 8.21. The van der Waals surface area contributed by atoms with Crippen molar-refractivity contribution in [2.45, 2.75) is 51.4 Å². The molecule has 23 heavy (non-hydrogen) atoms. The maximum absolute atomic E-state index is 2.50. The molecule has 0 aliphatic carbocycles. The number of nitrogens with zero attached hydrogens (tertiary/aromatic N) is 1. The fourth-order valence-corrected chi connectivity index (χ4v) is 6.94. The van der Waals surface area contributed by atoms with Crippen LogP contribution in [0.5, 0.6) is 0 Å². The van der Waals surface area contributed by atoms with Crippen LogP contribution in [0, 0.1) is 19.8 Å². The molecule has 1 heterocycles. The Bertz CT molecular complexity index is 709. The second-order valence-electron chi connectivity index (χ2n) is 8.37. The van der Waals surface area contributed by atoms with Gasteiger partial charge >= 0.3 is 145 Å². The van der Waals surface area contributed by atoms with Gasteiger partial charge in [0.15, 0.2) is 0 Å². The normalized spacial score (nSPS) is 12.0. The zero-order chi connectivity index (χ0) is 17.4. The Morgan fingerprint density at radius 2 is 1.70 bits per heavy atom. The second kappa shape index (κ2) is 6.80. The van der Waals surface area contributed by atoms with E-state index in [-0.39, 0.29) is 0 Å². The first-order valence-corrected chi connectivity index (χ1v) is 16.0. The van der Waals surface area contributed by atoms with Crippen molar-refractivity contribution in [2.24, 2.45) is 13.0 Å². The molecule has 1 nitrogen and oxygen atoms in total. The van der Waals surface area contributed by atoms with Crippen LogP contribution in [0.3, 0.4) is 0 Å². The standard InChI is InChI=1S/C21H32GeN/c1-15(2)11-18-14-23(8)21(13-20(18)22(5,6)7)19-10-9-16(3)12-17(19)4/h9-10,12-15H,11H2,1-8H3/q+1. The first-order chi connectivity index (χ1) is 10.6. The van der Waals surface area contributed by atoms with Gasteiger partial charge in [0.25, 0.3) is 0 Å². The topological polar surface area (TPSA) is 3.88 Å². The van der Waals surface area contributed by atoms with E-state index in [1.165, 1.54) is 28.8 Å². The Kier molecular flexibility index (Phi) is 5.40. The molecule has 0 amide bonds. The van der Waals surface area contributed by atoms with Crippen molar-refractivity contribution in [3.05, 3.63) is 47.2 Å². The third-order valence-electron chi connectivity index (χ3n) is 4.45. The number of hydrogen-bond donors (Lipinski definition) is 0. The Morgan fingerprint density at radius 1 is 1.04 bits per heavy atom. The first-order valence-electron chi connectivity index (χ1n) is 8.70. The number of aryl methyl sites for hydroxylation is 3. The summed E-state index contributed by atoms with van der Waals surface area (Å²) in [6, 6.07) is 9.29. The van der Waals surface area contributed by atoms with Crippen molar-refractivity contribution in [2.75, 3.05) is 0 Å². The minimum atomic E-state index is -1.91. The van der Waals surface area contributed by atoms with Gasteiger partial charge in [-0.2, -0.15) is 0 Å². The number of pyridine rings is 1. The molecule has 2 rings (SSSR count). The van der Waals surface area contributed by atoms with E-state index in [4.69, 9.17) is 0 Å². The molecule has 0 aliphatic rings. The predicted molar refractivity (Wildman–Crippen MR) is 104 cm³/mol. The third kappa shape index (κ3) is 4.26. The summed E-state index contributed by atoms with van der Waals surface area (Å²) in [6.07, 6.45) is 3.57. The van der Waals surface area contributed by atoms with Crippen molar-refractivity contribution in [3.63, 3.8) is 0 Å². The zero-order valence-corrected chi connectivity index (χ0v) is 18.2. The zero-order valence-electron chi connectivity index (χ0n) is 16.1. The molecule has 0 N–H and O–H groups in total. The van der Waals surface area contributed by atoms with Crippen LogP contribution in [0.2, 0.25) is 17.3 Å². The Balaban J connectivity index is 2.66. The number of rotatable bonds is 4. The average Bonchev–Trinajstić information content (AvgIpc) is 2.37. The van der Waals surface area contributed by atoms with Gasteiger partial charge in [0, 0.05) is 0 Å². The molecule has 124 valence electrons. The summed E-state index contributed by atoms with van der Waals surface area (Å²) < 4.78 is 3.99. The van der Waals surface area contributed by atoms with Gasteiger partial charge in [0.05, 0.1) is 0 Å². The molecule has 0 fully saturated rings. The van der Waals surface area contributed by atoms with Crippen LogP contribution < -0.4 is 8.96 Å². The van der Waals surface area contributed by atoms with Crippen LogP contribution >= 0.6 is 0 Å². The van der Waals surface area contributed by atoms with Gasteiger partial charge in [-0.05, 0) is 0 Å². The van der Waals surface area contributed by atoms with Crippen LogP contribution in [0.1, 0.15) is 30.5 Å². The molecule has 0 radical (unpaired) electrons. The number of benzene rings is 1. The van der Waals surface area contributed by atoms with Crippen LogP contribution in [-0.2, 0) is 13.5 Å². The Labute approximate surface area is 145 Å². The molecule has 0 saturated carbocycles. The molecule has 0 unspecified atom stereocenters. The summed E-state index contributed by atoms with van der Waals surface area (Å²) in [5, 5.41) is 0. The summed E-state index contributed by atoms with van der Waals surface area (Å²) in [6.45, 7) is 9.02. The molecule has 0 spiro atoms. The molecule has 2 heteroatoms.